The first-order valence-corrected chi connectivity index (χ1v) is 11.4. The van der Waals surface area contributed by atoms with E-state index >= 15 is 0 Å². The average molecular weight is 455 g/mol. The van der Waals surface area contributed by atoms with Gasteiger partial charge in [0.25, 0.3) is 5.56 Å². The summed E-state index contributed by atoms with van der Waals surface area (Å²) >= 11 is 0. The summed E-state index contributed by atoms with van der Waals surface area (Å²) in [5, 5.41) is 4.63. The molecule has 4 heterocycles. The molecule has 0 spiro atoms. The smallest absolute Gasteiger partial charge is 0.308 e. The highest BCUT2D eigenvalue weighted by molar-refractivity contribution is 5.79. The van der Waals surface area contributed by atoms with Crippen LogP contribution in [0.1, 0.15) is 52.8 Å². The number of aromatic nitrogens is 5. The van der Waals surface area contributed by atoms with Gasteiger partial charge in [0.15, 0.2) is 5.52 Å². The minimum absolute atomic E-state index is 0.219. The number of pyridine rings is 1. The lowest BCUT2D eigenvalue weighted by Crippen LogP contribution is -2.51. The van der Waals surface area contributed by atoms with E-state index in [2.05, 4.69) is 33.8 Å². The van der Waals surface area contributed by atoms with Crippen molar-refractivity contribution in [1.82, 2.24) is 29.6 Å². The highest BCUT2D eigenvalue weighted by atomic mass is 16.5. The Bertz CT molecular complexity index is 1230. The van der Waals surface area contributed by atoms with Crippen LogP contribution >= 0.6 is 0 Å². The number of hydrogen-bond donors (Lipinski definition) is 1. The lowest BCUT2D eigenvalue weighted by atomic mass is 10.1. The van der Waals surface area contributed by atoms with E-state index in [1.165, 1.54) is 13.1 Å². The fraction of sp³-hybridized carbons (Fsp3) is 0.522. The zero-order valence-corrected chi connectivity index (χ0v) is 19.7. The minimum Gasteiger partial charge on any atom is -0.477 e. The first kappa shape index (κ1) is 22.9. The second-order valence-corrected chi connectivity index (χ2v) is 8.52. The Morgan fingerprint density at radius 2 is 2.03 bits per heavy atom. The topological polar surface area (TPSA) is 115 Å². The van der Waals surface area contributed by atoms with Crippen molar-refractivity contribution in [3.63, 3.8) is 0 Å². The predicted octanol–water partition coefficient (Wildman–Crippen LogP) is 2.72. The summed E-state index contributed by atoms with van der Waals surface area (Å²) in [5.74, 6) is 0.394. The van der Waals surface area contributed by atoms with Crippen LogP contribution in [0.25, 0.3) is 22.4 Å². The fourth-order valence-electron chi connectivity index (χ4n) is 4.00. The third-order valence-electron chi connectivity index (χ3n) is 5.74. The predicted molar refractivity (Wildman–Crippen MR) is 124 cm³/mol. The van der Waals surface area contributed by atoms with Crippen LogP contribution in [-0.4, -0.2) is 61.3 Å². The van der Waals surface area contributed by atoms with Crippen molar-refractivity contribution in [2.24, 2.45) is 0 Å². The molecule has 0 unspecified atom stereocenters. The van der Waals surface area contributed by atoms with Gasteiger partial charge in [-0.2, -0.15) is 5.10 Å². The molecule has 0 bridgehead atoms. The van der Waals surface area contributed by atoms with Crippen LogP contribution in [-0.2, 0) is 11.2 Å². The first-order chi connectivity index (χ1) is 15.8. The molecular formula is C23H30N6O4. The van der Waals surface area contributed by atoms with Gasteiger partial charge >= 0.3 is 5.97 Å². The fourth-order valence-corrected chi connectivity index (χ4v) is 4.00. The summed E-state index contributed by atoms with van der Waals surface area (Å²) in [6.07, 6.45) is 2.89. The number of aryl methyl sites for hydroxylation is 1. The van der Waals surface area contributed by atoms with E-state index in [0.717, 1.165) is 25.2 Å². The van der Waals surface area contributed by atoms with Crippen molar-refractivity contribution in [2.45, 2.75) is 59.5 Å². The summed E-state index contributed by atoms with van der Waals surface area (Å²) in [7, 11) is 0. The van der Waals surface area contributed by atoms with Gasteiger partial charge in [0.05, 0.1) is 30.1 Å². The highest BCUT2D eigenvalue weighted by Gasteiger charge is 2.33. The van der Waals surface area contributed by atoms with Crippen molar-refractivity contribution in [3.05, 3.63) is 28.3 Å². The molecule has 0 aromatic carbocycles. The van der Waals surface area contributed by atoms with Crippen molar-refractivity contribution in [3.8, 4) is 23.0 Å². The summed E-state index contributed by atoms with van der Waals surface area (Å²) in [6.45, 7) is 11.9. The van der Waals surface area contributed by atoms with E-state index in [1.807, 2.05) is 18.5 Å². The molecule has 0 saturated carbocycles. The van der Waals surface area contributed by atoms with E-state index in [4.69, 9.17) is 14.5 Å². The molecule has 1 N–H and O–H groups in total. The molecule has 33 heavy (non-hydrogen) atoms. The maximum Gasteiger partial charge on any atom is 0.308 e. The number of likely N-dealkylation sites (tertiary alicyclic amines) is 1. The standard InChI is InChI=1S/C23H30N6O4/c1-6-8-32-23-17(9-16(10-24-23)33-14(5)30)21-25-19-18(7-2)29(27-20(19)22(31)26-21)15-11-28(12-15)13(3)4/h9-10,13,15H,6-8,11-12H2,1-5H3,(H,25,26,31). The van der Waals surface area contributed by atoms with Crippen LogP contribution < -0.4 is 15.0 Å². The SMILES string of the molecule is CCCOc1ncc(OC(C)=O)cc1-c1nc2c(CC)n(C3CN(C(C)C)C3)nc2c(=O)[nH]1. The quantitative estimate of drug-likeness (QED) is 0.517. The molecule has 10 heteroatoms. The number of esters is 1. The Kier molecular flexibility index (Phi) is 6.46. The van der Waals surface area contributed by atoms with E-state index in [-0.39, 0.29) is 17.4 Å². The lowest BCUT2D eigenvalue weighted by Gasteiger charge is -2.42. The molecular weight excluding hydrogens is 424 g/mol. The third-order valence-corrected chi connectivity index (χ3v) is 5.74. The van der Waals surface area contributed by atoms with Crippen molar-refractivity contribution in [2.75, 3.05) is 19.7 Å². The van der Waals surface area contributed by atoms with Gasteiger partial charge in [-0.15, -0.1) is 0 Å². The molecule has 4 rings (SSSR count). The Morgan fingerprint density at radius 3 is 2.67 bits per heavy atom. The molecule has 0 radical (unpaired) electrons. The van der Waals surface area contributed by atoms with Gasteiger partial charge in [0, 0.05) is 26.1 Å². The summed E-state index contributed by atoms with van der Waals surface area (Å²) in [4.78, 5) is 38.7. The molecule has 0 amide bonds. The number of hydrogen-bond acceptors (Lipinski definition) is 8. The molecule has 10 nitrogen and oxygen atoms in total. The van der Waals surface area contributed by atoms with Crippen LogP contribution in [0.4, 0.5) is 0 Å². The highest BCUT2D eigenvalue weighted by Crippen LogP contribution is 2.31. The molecule has 176 valence electrons. The zero-order valence-electron chi connectivity index (χ0n) is 19.7. The van der Waals surface area contributed by atoms with Crippen LogP contribution in [0.15, 0.2) is 17.1 Å². The van der Waals surface area contributed by atoms with Crippen molar-refractivity contribution < 1.29 is 14.3 Å². The number of fused-ring (bicyclic) bond motifs is 1. The average Bonchev–Trinajstić information content (AvgIpc) is 3.09. The maximum absolute atomic E-state index is 13.0. The molecule has 0 aliphatic carbocycles. The first-order valence-electron chi connectivity index (χ1n) is 11.4. The molecule has 1 aliphatic rings. The van der Waals surface area contributed by atoms with Crippen molar-refractivity contribution >= 4 is 17.0 Å². The second-order valence-electron chi connectivity index (χ2n) is 8.52. The van der Waals surface area contributed by atoms with Crippen LogP contribution in [0.3, 0.4) is 0 Å². The van der Waals surface area contributed by atoms with Gasteiger partial charge in [0.1, 0.15) is 17.1 Å². The molecule has 1 fully saturated rings. The number of carbonyl (C=O) groups is 1. The van der Waals surface area contributed by atoms with E-state index in [0.29, 0.717) is 47.4 Å². The summed E-state index contributed by atoms with van der Waals surface area (Å²) in [5.41, 5.74) is 1.93. The van der Waals surface area contributed by atoms with Gasteiger partial charge < -0.3 is 14.5 Å². The van der Waals surface area contributed by atoms with Crippen LogP contribution in [0.5, 0.6) is 11.6 Å². The largest absolute Gasteiger partial charge is 0.477 e. The maximum atomic E-state index is 13.0. The molecule has 3 aromatic heterocycles. The minimum atomic E-state index is -0.465. The number of aromatic amines is 1. The Labute approximate surface area is 191 Å². The number of ether oxygens (including phenoxy) is 2. The number of nitrogens with zero attached hydrogens (tertiary/aromatic N) is 5. The van der Waals surface area contributed by atoms with E-state index in [9.17, 15) is 9.59 Å². The number of nitrogens with one attached hydrogen (secondary N) is 1. The van der Waals surface area contributed by atoms with Crippen LogP contribution in [0, 0.1) is 0 Å². The number of carbonyl (C=O) groups excluding carboxylic acids is 1. The second kappa shape index (κ2) is 9.30. The molecule has 3 aromatic rings. The number of H-pyrrole nitrogens is 1. The zero-order chi connectivity index (χ0) is 23.7. The van der Waals surface area contributed by atoms with Gasteiger partial charge in [-0.05, 0) is 32.8 Å². The molecule has 0 atom stereocenters. The van der Waals surface area contributed by atoms with Gasteiger partial charge in [-0.25, -0.2) is 9.97 Å². The molecule has 1 aliphatic heterocycles. The Hall–Kier alpha value is -3.27. The third kappa shape index (κ3) is 4.47. The van der Waals surface area contributed by atoms with Gasteiger partial charge in [0.2, 0.25) is 5.88 Å². The Morgan fingerprint density at radius 1 is 1.27 bits per heavy atom. The van der Waals surface area contributed by atoms with Crippen LogP contribution in [0.2, 0.25) is 0 Å². The lowest BCUT2D eigenvalue weighted by molar-refractivity contribution is -0.131. The molecule has 1 saturated heterocycles. The van der Waals surface area contributed by atoms with E-state index < -0.39 is 5.97 Å². The van der Waals surface area contributed by atoms with Crippen molar-refractivity contribution in [1.29, 1.82) is 0 Å². The monoisotopic (exact) mass is 454 g/mol. The van der Waals surface area contributed by atoms with Gasteiger partial charge in [-0.3, -0.25) is 19.2 Å². The van der Waals surface area contributed by atoms with E-state index in [1.54, 1.807) is 6.07 Å². The summed E-state index contributed by atoms with van der Waals surface area (Å²) < 4.78 is 12.9. The van der Waals surface area contributed by atoms with Gasteiger partial charge in [-0.1, -0.05) is 13.8 Å². The Balaban J connectivity index is 1.80. The number of rotatable bonds is 8. The summed E-state index contributed by atoms with van der Waals surface area (Å²) in [6, 6.07) is 2.30. The normalized spacial score (nSPS) is 14.6.